The summed E-state index contributed by atoms with van der Waals surface area (Å²) in [4.78, 5) is 25.0. The fourth-order valence-corrected chi connectivity index (χ4v) is 4.87. The first-order chi connectivity index (χ1) is 19.3. The highest BCUT2D eigenvalue weighted by Gasteiger charge is 2.32. The van der Waals surface area contributed by atoms with Gasteiger partial charge in [0.1, 0.15) is 0 Å². The Morgan fingerprint density at radius 2 is 1.20 bits per heavy atom. The average Bonchev–Trinajstić information content (AvgIpc) is 3.36. The van der Waals surface area contributed by atoms with Crippen LogP contribution in [0, 0.1) is 5.92 Å². The number of hydrogen-bond donors (Lipinski definition) is 2. The van der Waals surface area contributed by atoms with Gasteiger partial charge in [0.2, 0.25) is 0 Å². The molecule has 0 radical (unpaired) electrons. The molecule has 2 aromatic carbocycles. The highest BCUT2D eigenvalue weighted by molar-refractivity contribution is 7.86. The molecule has 0 saturated heterocycles. The molecule has 0 bridgehead atoms. The molecular formula is C27H24N4O8S2. The second-order valence-corrected chi connectivity index (χ2v) is 11.7. The van der Waals surface area contributed by atoms with Gasteiger partial charge in [0.25, 0.3) is 32.1 Å². The summed E-state index contributed by atoms with van der Waals surface area (Å²) >= 11 is 0. The molecule has 0 saturated carbocycles. The normalized spacial score (nSPS) is 19.4. The maximum atomic E-state index is 12.8. The molecule has 2 N–H and O–H groups in total. The lowest BCUT2D eigenvalue weighted by atomic mass is 10.0. The molecule has 2 aliphatic rings. The lowest BCUT2D eigenvalue weighted by molar-refractivity contribution is -0.118. The molecule has 2 aliphatic heterocycles. The number of carbonyl (C=O) groups excluding carboxylic acids is 2. The van der Waals surface area contributed by atoms with Crippen molar-refractivity contribution in [1.29, 1.82) is 0 Å². The van der Waals surface area contributed by atoms with E-state index in [2.05, 4.69) is 10.2 Å². The van der Waals surface area contributed by atoms with Crippen molar-refractivity contribution in [3.8, 4) is 0 Å². The van der Waals surface area contributed by atoms with E-state index in [4.69, 9.17) is 9.11 Å². The molecule has 41 heavy (non-hydrogen) atoms. The van der Waals surface area contributed by atoms with Gasteiger partial charge >= 0.3 is 0 Å². The minimum atomic E-state index is -4.35. The lowest BCUT2D eigenvalue weighted by Crippen LogP contribution is -2.25. The molecule has 2 aromatic rings. The van der Waals surface area contributed by atoms with Gasteiger partial charge in [-0.15, -0.1) is 0 Å². The zero-order chi connectivity index (χ0) is 29.9. The van der Waals surface area contributed by atoms with Crippen LogP contribution in [-0.2, 0) is 29.8 Å². The van der Waals surface area contributed by atoms with Gasteiger partial charge in [-0.1, -0.05) is 36.5 Å². The Kier molecular flexibility index (Phi) is 8.30. The Balaban J connectivity index is 1.35. The lowest BCUT2D eigenvalue weighted by Gasteiger charge is -2.13. The van der Waals surface area contributed by atoms with Crippen molar-refractivity contribution >= 4 is 54.8 Å². The van der Waals surface area contributed by atoms with Crippen molar-refractivity contribution in [2.45, 2.75) is 23.6 Å². The van der Waals surface area contributed by atoms with Crippen molar-refractivity contribution < 1.29 is 35.5 Å². The molecule has 12 nitrogen and oxygen atoms in total. The highest BCUT2D eigenvalue weighted by atomic mass is 32.2. The second kappa shape index (κ2) is 11.5. The van der Waals surface area contributed by atoms with E-state index in [-0.39, 0.29) is 15.7 Å². The van der Waals surface area contributed by atoms with E-state index < -0.39 is 32.1 Å². The zero-order valence-electron chi connectivity index (χ0n) is 21.7. The van der Waals surface area contributed by atoms with Crippen LogP contribution in [0.2, 0.25) is 0 Å². The van der Waals surface area contributed by atoms with Crippen LogP contribution in [0.4, 0.5) is 11.4 Å². The number of carbonyl (C=O) groups is 2. The number of amides is 2. The van der Waals surface area contributed by atoms with Crippen LogP contribution in [0.25, 0.3) is 0 Å². The monoisotopic (exact) mass is 596 g/mol. The van der Waals surface area contributed by atoms with Gasteiger partial charge in [0, 0.05) is 0 Å². The predicted octanol–water partition coefficient (Wildman–Crippen LogP) is 3.54. The van der Waals surface area contributed by atoms with Gasteiger partial charge in [-0.3, -0.25) is 18.7 Å². The Morgan fingerprint density at radius 3 is 1.73 bits per heavy atom. The third-order valence-electron chi connectivity index (χ3n) is 6.01. The molecule has 1 unspecified atom stereocenters. The Labute approximate surface area is 236 Å². The quantitative estimate of drug-likeness (QED) is 0.264. The van der Waals surface area contributed by atoms with Gasteiger partial charge in [-0.2, -0.15) is 37.1 Å². The summed E-state index contributed by atoms with van der Waals surface area (Å²) in [5, 5.41) is 10.8. The Morgan fingerprint density at radius 1 is 0.707 bits per heavy atom. The summed E-state index contributed by atoms with van der Waals surface area (Å²) in [5.74, 6) is -1.33. The van der Waals surface area contributed by atoms with Gasteiger partial charge in [0.15, 0.2) is 0 Å². The molecule has 0 aliphatic carbocycles. The fraction of sp³-hybridized carbons (Fsp3) is 0.111. The van der Waals surface area contributed by atoms with Crippen molar-refractivity contribution in [3.63, 3.8) is 0 Å². The van der Waals surface area contributed by atoms with E-state index in [1.165, 1.54) is 53.5 Å². The van der Waals surface area contributed by atoms with E-state index in [0.717, 1.165) is 5.01 Å². The minimum absolute atomic E-state index is 0.288. The summed E-state index contributed by atoms with van der Waals surface area (Å²) in [6.45, 7) is 3.36. The molecule has 0 spiro atoms. The smallest absolute Gasteiger partial charge is 0.282 e. The average molecular weight is 597 g/mol. The van der Waals surface area contributed by atoms with Crippen LogP contribution in [0.1, 0.15) is 13.8 Å². The van der Waals surface area contributed by atoms with Gasteiger partial charge in [-0.05, 0) is 68.5 Å². The standard InChI is InChI=1S/C27H24N4O8S2/c1-18-24(26(32)30(28-18)20-10-14-22(15-11-20)40(34,35)36)8-6-4-3-5-7-9-25-19(2)29-31(27(25)33)21-12-16-23(17-13-21)41(37,38)39/h3-17,24H,1-2H3,(H,34,35,36)(H,37,38,39)/b4-3+,7-5+,8-6+,25-9-. The number of nitrogens with zero attached hydrogens (tertiary/aromatic N) is 4. The maximum absolute atomic E-state index is 12.8. The number of hydrazone groups is 2. The number of anilines is 2. The molecule has 2 amide bonds. The molecule has 2 heterocycles. The van der Waals surface area contributed by atoms with Crippen molar-refractivity contribution in [1.82, 2.24) is 0 Å². The number of benzene rings is 2. The van der Waals surface area contributed by atoms with Crippen molar-refractivity contribution in [2.75, 3.05) is 10.0 Å². The van der Waals surface area contributed by atoms with Crippen LogP contribution in [-0.4, -0.2) is 49.2 Å². The van der Waals surface area contributed by atoms with E-state index >= 15 is 0 Å². The minimum Gasteiger partial charge on any atom is -0.282 e. The first kappa shape index (κ1) is 29.5. The third-order valence-corrected chi connectivity index (χ3v) is 7.75. The van der Waals surface area contributed by atoms with Gasteiger partial charge in [0.05, 0.1) is 44.1 Å². The molecule has 14 heteroatoms. The zero-order valence-corrected chi connectivity index (χ0v) is 23.3. The predicted molar refractivity (Wildman–Crippen MR) is 153 cm³/mol. The second-order valence-electron chi connectivity index (χ2n) is 8.84. The third kappa shape index (κ3) is 6.63. The molecule has 1 atom stereocenters. The van der Waals surface area contributed by atoms with Crippen LogP contribution < -0.4 is 10.0 Å². The van der Waals surface area contributed by atoms with Crippen molar-refractivity contribution in [3.05, 3.63) is 96.6 Å². The van der Waals surface area contributed by atoms with Gasteiger partial charge in [-0.25, -0.2) is 0 Å². The molecule has 0 fully saturated rings. The van der Waals surface area contributed by atoms with Crippen LogP contribution in [0.15, 0.2) is 117 Å². The summed E-state index contributed by atoms with van der Waals surface area (Å²) < 4.78 is 63.1. The Hall–Kier alpha value is -4.50. The maximum Gasteiger partial charge on any atom is 0.294 e. The van der Waals surface area contributed by atoms with E-state index in [1.807, 2.05) is 0 Å². The summed E-state index contributed by atoms with van der Waals surface area (Å²) in [6.07, 6.45) is 11.6. The van der Waals surface area contributed by atoms with E-state index in [0.29, 0.717) is 28.4 Å². The van der Waals surface area contributed by atoms with Crippen molar-refractivity contribution in [2.24, 2.45) is 16.1 Å². The van der Waals surface area contributed by atoms with E-state index in [1.54, 1.807) is 56.4 Å². The van der Waals surface area contributed by atoms with E-state index in [9.17, 15) is 26.4 Å². The number of hydrogen-bond acceptors (Lipinski definition) is 8. The summed E-state index contributed by atoms with van der Waals surface area (Å²) in [5.41, 5.74) is 2.06. The molecule has 212 valence electrons. The first-order valence-corrected chi connectivity index (χ1v) is 14.8. The summed E-state index contributed by atoms with van der Waals surface area (Å²) in [7, 11) is -8.69. The topological polar surface area (TPSA) is 174 Å². The Bertz CT molecular complexity index is 1790. The molecule has 0 aromatic heterocycles. The fourth-order valence-electron chi connectivity index (χ4n) is 3.91. The SMILES string of the molecule is CC1=NN(c2ccc(S(=O)(=O)O)cc2)C(=O)\C1=C/C=C/C=C/C=C/C1C(=O)N(c2ccc(S(=O)(=O)O)cc2)N=C1C. The summed E-state index contributed by atoms with van der Waals surface area (Å²) in [6, 6.07) is 10.2. The highest BCUT2D eigenvalue weighted by Crippen LogP contribution is 2.27. The number of allylic oxidation sites excluding steroid dienone is 6. The number of rotatable bonds is 8. The van der Waals surface area contributed by atoms with Crippen LogP contribution in [0.5, 0.6) is 0 Å². The molecular weight excluding hydrogens is 572 g/mol. The van der Waals surface area contributed by atoms with Gasteiger partial charge < -0.3 is 0 Å². The largest absolute Gasteiger partial charge is 0.294 e. The van der Waals surface area contributed by atoms with Crippen LogP contribution in [0.3, 0.4) is 0 Å². The first-order valence-electron chi connectivity index (χ1n) is 11.9. The van der Waals surface area contributed by atoms with Crippen LogP contribution >= 0.6 is 0 Å². The molecule has 4 rings (SSSR count).